The van der Waals surface area contributed by atoms with E-state index in [-0.39, 0.29) is 6.10 Å². The lowest BCUT2D eigenvalue weighted by atomic mass is 10.1. The molecule has 0 radical (unpaired) electrons. The highest BCUT2D eigenvalue weighted by molar-refractivity contribution is 7.11. The topological polar surface area (TPSA) is 51.4 Å². The van der Waals surface area contributed by atoms with Crippen LogP contribution in [-0.2, 0) is 0 Å². The molecule has 1 saturated carbocycles. The summed E-state index contributed by atoms with van der Waals surface area (Å²) in [7, 11) is 0. The van der Waals surface area contributed by atoms with Crippen molar-refractivity contribution in [3.63, 3.8) is 0 Å². The van der Waals surface area contributed by atoms with E-state index in [1.54, 1.807) is 0 Å². The third-order valence-corrected chi connectivity index (χ3v) is 4.56. The van der Waals surface area contributed by atoms with Crippen molar-refractivity contribution in [3.8, 4) is 5.75 Å². The van der Waals surface area contributed by atoms with Crippen LogP contribution in [0.4, 0.5) is 10.8 Å². The zero-order valence-electron chi connectivity index (χ0n) is 10.3. The maximum atomic E-state index is 5.90. The van der Waals surface area contributed by atoms with Crippen LogP contribution in [0.3, 0.4) is 0 Å². The fourth-order valence-electron chi connectivity index (χ4n) is 2.99. The fraction of sp³-hybridized carbons (Fsp3) is 0.750. The third-order valence-electron chi connectivity index (χ3n) is 3.68. The van der Waals surface area contributed by atoms with Crippen LogP contribution in [0.5, 0.6) is 5.75 Å². The molecule has 94 valence electrons. The van der Waals surface area contributed by atoms with E-state index in [4.69, 9.17) is 10.5 Å². The molecule has 1 aromatic heterocycles. The number of piperidine rings is 1. The molecule has 2 unspecified atom stereocenters. The molecule has 4 nitrogen and oxygen atoms in total. The smallest absolute Gasteiger partial charge is 0.198 e. The lowest BCUT2D eigenvalue weighted by molar-refractivity contribution is 0.244. The summed E-state index contributed by atoms with van der Waals surface area (Å²) in [5.41, 5.74) is 5.90. The summed E-state index contributed by atoms with van der Waals surface area (Å²) in [5.74, 6) is 2.22. The quantitative estimate of drug-likeness (QED) is 0.899. The highest BCUT2D eigenvalue weighted by atomic mass is 32.1. The lowest BCUT2D eigenvalue weighted by Gasteiger charge is -2.28. The summed E-state index contributed by atoms with van der Waals surface area (Å²) < 4.78 is 10.1. The van der Waals surface area contributed by atoms with Crippen molar-refractivity contribution in [2.24, 2.45) is 5.92 Å². The van der Waals surface area contributed by atoms with Gasteiger partial charge in [0.2, 0.25) is 0 Å². The van der Waals surface area contributed by atoms with Crippen LogP contribution in [0.1, 0.15) is 33.1 Å². The third kappa shape index (κ3) is 1.86. The predicted octanol–water partition coefficient (Wildman–Crippen LogP) is 2.50. The van der Waals surface area contributed by atoms with E-state index in [2.05, 4.69) is 9.27 Å². The van der Waals surface area contributed by atoms with Crippen molar-refractivity contribution in [3.05, 3.63) is 0 Å². The Balaban J connectivity index is 1.87. The van der Waals surface area contributed by atoms with Crippen molar-refractivity contribution in [2.75, 3.05) is 17.2 Å². The SMILES string of the molecule is CC(C)Oc1c(N)nsc1N1CC2CCC1C2. The molecule has 1 aliphatic heterocycles. The number of hydrogen-bond donors (Lipinski definition) is 1. The fourth-order valence-corrected chi connectivity index (χ4v) is 3.82. The molecule has 2 aliphatic rings. The molecule has 17 heavy (non-hydrogen) atoms. The average Bonchev–Trinajstić information content (AvgIpc) is 2.94. The molecule has 2 N–H and O–H groups in total. The van der Waals surface area contributed by atoms with Crippen LogP contribution in [0.15, 0.2) is 0 Å². The Hall–Kier alpha value is -0.970. The van der Waals surface area contributed by atoms with E-state index >= 15 is 0 Å². The van der Waals surface area contributed by atoms with E-state index in [1.807, 2.05) is 13.8 Å². The molecule has 3 rings (SSSR count). The Labute approximate surface area is 106 Å². The van der Waals surface area contributed by atoms with Crippen molar-refractivity contribution in [1.82, 2.24) is 4.37 Å². The van der Waals surface area contributed by atoms with Gasteiger partial charge in [0, 0.05) is 12.6 Å². The normalized spacial score (nSPS) is 27.1. The van der Waals surface area contributed by atoms with Gasteiger partial charge in [-0.3, -0.25) is 0 Å². The summed E-state index contributed by atoms with van der Waals surface area (Å²) in [6, 6.07) is 0.689. The van der Waals surface area contributed by atoms with E-state index in [9.17, 15) is 0 Å². The van der Waals surface area contributed by atoms with Gasteiger partial charge in [-0.05, 0) is 50.6 Å². The van der Waals surface area contributed by atoms with Gasteiger partial charge in [0.25, 0.3) is 0 Å². The first-order valence-corrected chi connectivity index (χ1v) is 7.11. The minimum absolute atomic E-state index is 0.146. The van der Waals surface area contributed by atoms with Gasteiger partial charge >= 0.3 is 0 Å². The molecule has 1 aromatic rings. The van der Waals surface area contributed by atoms with Crippen LogP contribution in [-0.4, -0.2) is 23.1 Å². The standard InChI is InChI=1S/C12H19N3OS/c1-7(2)16-10-11(13)14-17-12(10)15-6-8-3-4-9(15)5-8/h7-9H,3-6H2,1-2H3,(H2,13,14). The number of nitrogens with two attached hydrogens (primary N) is 1. The van der Waals surface area contributed by atoms with Gasteiger partial charge in [0.1, 0.15) is 0 Å². The number of fused-ring (bicyclic) bond motifs is 2. The molecule has 5 heteroatoms. The highest BCUT2D eigenvalue weighted by Gasteiger charge is 2.40. The second-order valence-corrected chi connectivity index (χ2v) is 6.11. The number of anilines is 2. The number of rotatable bonds is 3. The van der Waals surface area contributed by atoms with E-state index in [0.29, 0.717) is 11.9 Å². The maximum absolute atomic E-state index is 5.90. The van der Waals surface area contributed by atoms with Gasteiger partial charge in [-0.1, -0.05) is 0 Å². The number of nitrogen functional groups attached to an aromatic ring is 1. The molecule has 1 saturated heterocycles. The molecule has 0 amide bonds. The van der Waals surface area contributed by atoms with Crippen molar-refractivity contribution >= 4 is 22.4 Å². The summed E-state index contributed by atoms with van der Waals surface area (Å²) in [6.45, 7) is 5.20. The summed E-state index contributed by atoms with van der Waals surface area (Å²) in [6.07, 6.45) is 4.17. The molecule has 0 aromatic carbocycles. The first-order valence-electron chi connectivity index (χ1n) is 6.33. The van der Waals surface area contributed by atoms with Crippen molar-refractivity contribution < 1.29 is 4.74 Å². The van der Waals surface area contributed by atoms with Crippen LogP contribution in [0, 0.1) is 5.92 Å². The second kappa shape index (κ2) is 4.05. The molecular weight excluding hydrogens is 234 g/mol. The Morgan fingerprint density at radius 2 is 2.29 bits per heavy atom. The maximum Gasteiger partial charge on any atom is 0.198 e. The number of hydrogen-bond acceptors (Lipinski definition) is 5. The van der Waals surface area contributed by atoms with E-state index in [0.717, 1.165) is 23.2 Å². The summed E-state index contributed by atoms with van der Waals surface area (Å²) >= 11 is 1.48. The van der Waals surface area contributed by atoms with Gasteiger partial charge in [-0.15, -0.1) is 0 Å². The molecule has 1 aliphatic carbocycles. The Bertz CT molecular complexity index is 418. The molecule has 0 spiro atoms. The van der Waals surface area contributed by atoms with Crippen LogP contribution in [0.2, 0.25) is 0 Å². The number of nitrogens with zero attached hydrogens (tertiary/aromatic N) is 2. The Morgan fingerprint density at radius 3 is 2.88 bits per heavy atom. The first-order chi connectivity index (χ1) is 8.15. The Kier molecular flexibility index (Phi) is 2.65. The van der Waals surface area contributed by atoms with E-state index in [1.165, 1.54) is 30.8 Å². The summed E-state index contributed by atoms with van der Waals surface area (Å²) in [4.78, 5) is 2.46. The highest BCUT2D eigenvalue weighted by Crippen LogP contribution is 2.47. The van der Waals surface area contributed by atoms with Crippen molar-refractivity contribution in [1.29, 1.82) is 0 Å². The van der Waals surface area contributed by atoms with Crippen molar-refractivity contribution in [2.45, 2.75) is 45.3 Å². The monoisotopic (exact) mass is 253 g/mol. The zero-order valence-corrected chi connectivity index (χ0v) is 11.2. The minimum atomic E-state index is 0.146. The first kappa shape index (κ1) is 11.1. The second-order valence-electron chi connectivity index (χ2n) is 5.35. The average molecular weight is 253 g/mol. The van der Waals surface area contributed by atoms with Crippen LogP contribution >= 0.6 is 11.5 Å². The lowest BCUT2D eigenvalue weighted by Crippen LogP contribution is -2.31. The minimum Gasteiger partial charge on any atom is -0.484 e. The predicted molar refractivity (Wildman–Crippen MR) is 70.8 cm³/mol. The van der Waals surface area contributed by atoms with Gasteiger partial charge in [-0.25, -0.2) is 0 Å². The summed E-state index contributed by atoms with van der Waals surface area (Å²) in [5, 5.41) is 1.14. The number of ether oxygens (including phenoxy) is 1. The van der Waals surface area contributed by atoms with Gasteiger partial charge in [0.15, 0.2) is 16.6 Å². The van der Waals surface area contributed by atoms with Gasteiger partial charge in [0.05, 0.1) is 6.10 Å². The van der Waals surface area contributed by atoms with E-state index < -0.39 is 0 Å². The van der Waals surface area contributed by atoms with Crippen LogP contribution < -0.4 is 15.4 Å². The molecule has 2 bridgehead atoms. The molecule has 2 atom stereocenters. The van der Waals surface area contributed by atoms with Gasteiger partial charge < -0.3 is 15.4 Å². The number of aromatic nitrogens is 1. The zero-order chi connectivity index (χ0) is 12.0. The molecule has 2 fully saturated rings. The van der Waals surface area contributed by atoms with Crippen LogP contribution in [0.25, 0.3) is 0 Å². The molecule has 2 heterocycles. The largest absolute Gasteiger partial charge is 0.484 e. The Morgan fingerprint density at radius 1 is 1.47 bits per heavy atom. The van der Waals surface area contributed by atoms with Gasteiger partial charge in [-0.2, -0.15) is 4.37 Å². The molecular formula is C12H19N3OS.